The molecule has 0 radical (unpaired) electrons. The van der Waals surface area contributed by atoms with Crippen molar-refractivity contribution in [1.29, 1.82) is 0 Å². The Morgan fingerprint density at radius 3 is 2.38 bits per heavy atom. The summed E-state index contributed by atoms with van der Waals surface area (Å²) in [5, 5.41) is 7.20. The van der Waals surface area contributed by atoms with Gasteiger partial charge in [0, 0.05) is 6.54 Å². The maximum absolute atomic E-state index is 12.1. The van der Waals surface area contributed by atoms with Crippen molar-refractivity contribution in [1.82, 2.24) is 16.0 Å². The summed E-state index contributed by atoms with van der Waals surface area (Å²) in [6.07, 6.45) is 0. The first kappa shape index (κ1) is 21.4. The molecule has 0 aliphatic heterocycles. The van der Waals surface area contributed by atoms with Crippen LogP contribution in [0, 0.1) is 5.92 Å². The second-order valence-corrected chi connectivity index (χ2v) is 6.34. The molecule has 1 rings (SSSR count). The van der Waals surface area contributed by atoms with E-state index >= 15 is 0 Å². The number of ether oxygens (including phenoxy) is 1. The Hall–Kier alpha value is -2.61. The smallest absolute Gasteiger partial charge is 0.328 e. The summed E-state index contributed by atoms with van der Waals surface area (Å²) in [5.74, 6) is -1.90. The number of urea groups is 1. The lowest BCUT2D eigenvalue weighted by molar-refractivity contribution is -0.149. The minimum atomic E-state index is -0.999. The Bertz CT molecular complexity index is 678. The van der Waals surface area contributed by atoms with Crippen LogP contribution < -0.4 is 16.0 Å². The van der Waals surface area contributed by atoms with Crippen LogP contribution in [-0.2, 0) is 14.3 Å². The molecule has 1 unspecified atom stereocenters. The number of hydrogen-bond acceptors (Lipinski definition) is 5. The number of rotatable bonds is 7. The minimum absolute atomic E-state index is 0.216. The molecule has 0 aliphatic carbocycles. The maximum Gasteiger partial charge on any atom is 0.328 e. The Morgan fingerprint density at radius 1 is 1.12 bits per heavy atom. The highest BCUT2D eigenvalue weighted by Crippen LogP contribution is 2.14. The number of carbonyl (C=O) groups excluding carboxylic acids is 4. The number of esters is 1. The zero-order valence-corrected chi connectivity index (χ0v) is 15.6. The van der Waals surface area contributed by atoms with E-state index in [0.29, 0.717) is 6.54 Å². The number of halogens is 1. The second-order valence-electron chi connectivity index (χ2n) is 5.93. The third-order valence-corrected chi connectivity index (χ3v) is 3.42. The largest absolute Gasteiger partial charge is 0.454 e. The molecule has 3 N–H and O–H groups in total. The van der Waals surface area contributed by atoms with E-state index in [-0.39, 0.29) is 16.5 Å². The topological polar surface area (TPSA) is 114 Å². The van der Waals surface area contributed by atoms with Crippen molar-refractivity contribution in [2.75, 3.05) is 13.2 Å². The van der Waals surface area contributed by atoms with Gasteiger partial charge in [0.25, 0.3) is 11.8 Å². The summed E-state index contributed by atoms with van der Waals surface area (Å²) in [6.45, 7) is 4.99. The summed E-state index contributed by atoms with van der Waals surface area (Å²) in [4.78, 5) is 46.9. The van der Waals surface area contributed by atoms with Crippen LogP contribution in [0.3, 0.4) is 0 Å². The fraction of sp³-hybridized carbons (Fsp3) is 0.412. The molecule has 0 saturated heterocycles. The van der Waals surface area contributed by atoms with E-state index in [9.17, 15) is 19.2 Å². The lowest BCUT2D eigenvalue weighted by Gasteiger charge is -2.14. The molecule has 0 heterocycles. The Morgan fingerprint density at radius 2 is 1.77 bits per heavy atom. The van der Waals surface area contributed by atoms with E-state index < -0.39 is 36.5 Å². The van der Waals surface area contributed by atoms with Crippen molar-refractivity contribution < 1.29 is 23.9 Å². The molecule has 0 bridgehead atoms. The average Bonchev–Trinajstić information content (AvgIpc) is 2.58. The van der Waals surface area contributed by atoms with E-state index in [2.05, 4.69) is 10.6 Å². The third kappa shape index (κ3) is 7.52. The van der Waals surface area contributed by atoms with E-state index in [1.54, 1.807) is 18.2 Å². The second kappa shape index (κ2) is 10.4. The molecule has 0 fully saturated rings. The summed E-state index contributed by atoms with van der Waals surface area (Å²) in [7, 11) is 0. The highest BCUT2D eigenvalue weighted by molar-refractivity contribution is 6.33. The minimum Gasteiger partial charge on any atom is -0.454 e. The summed E-state index contributed by atoms with van der Waals surface area (Å²) in [6, 6.07) is 4.71. The van der Waals surface area contributed by atoms with Gasteiger partial charge in [0.05, 0.1) is 10.6 Å². The van der Waals surface area contributed by atoms with E-state index in [4.69, 9.17) is 16.3 Å². The summed E-state index contributed by atoms with van der Waals surface area (Å²) in [5.41, 5.74) is 0.216. The molecule has 26 heavy (non-hydrogen) atoms. The van der Waals surface area contributed by atoms with Gasteiger partial charge in [-0.25, -0.2) is 9.59 Å². The van der Waals surface area contributed by atoms with E-state index in [1.807, 2.05) is 19.2 Å². The highest BCUT2D eigenvalue weighted by Gasteiger charge is 2.20. The van der Waals surface area contributed by atoms with Gasteiger partial charge in [-0.15, -0.1) is 0 Å². The average molecular weight is 384 g/mol. The van der Waals surface area contributed by atoms with Crippen molar-refractivity contribution in [3.8, 4) is 0 Å². The predicted molar refractivity (Wildman–Crippen MR) is 95.7 cm³/mol. The van der Waals surface area contributed by atoms with Crippen molar-refractivity contribution >= 4 is 35.4 Å². The molecule has 1 aromatic rings. The van der Waals surface area contributed by atoms with Crippen molar-refractivity contribution in [3.63, 3.8) is 0 Å². The van der Waals surface area contributed by atoms with Crippen LogP contribution >= 0.6 is 11.6 Å². The van der Waals surface area contributed by atoms with Crippen molar-refractivity contribution in [2.24, 2.45) is 5.92 Å². The predicted octanol–water partition coefficient (Wildman–Crippen LogP) is 1.48. The normalized spacial score (nSPS) is 11.4. The number of benzene rings is 1. The zero-order valence-electron chi connectivity index (χ0n) is 14.8. The number of amides is 4. The summed E-state index contributed by atoms with van der Waals surface area (Å²) >= 11 is 5.91. The molecule has 0 aliphatic rings. The lowest BCUT2D eigenvalue weighted by Crippen LogP contribution is -2.44. The molecule has 9 heteroatoms. The quantitative estimate of drug-likeness (QED) is 0.617. The van der Waals surface area contributed by atoms with Crippen molar-refractivity contribution in [3.05, 3.63) is 34.9 Å². The van der Waals surface area contributed by atoms with Crippen LogP contribution in [0.2, 0.25) is 5.02 Å². The van der Waals surface area contributed by atoms with Crippen LogP contribution in [0.4, 0.5) is 4.79 Å². The van der Waals surface area contributed by atoms with E-state index in [1.165, 1.54) is 13.0 Å². The van der Waals surface area contributed by atoms with Crippen LogP contribution in [0.5, 0.6) is 0 Å². The zero-order chi connectivity index (χ0) is 19.7. The van der Waals surface area contributed by atoms with Gasteiger partial charge in [0.2, 0.25) is 0 Å². The van der Waals surface area contributed by atoms with E-state index in [0.717, 1.165) is 0 Å². The van der Waals surface area contributed by atoms with Gasteiger partial charge in [-0.1, -0.05) is 37.6 Å². The molecule has 1 atom stereocenters. The summed E-state index contributed by atoms with van der Waals surface area (Å²) < 4.78 is 4.78. The Labute approximate surface area is 156 Å². The number of carbonyl (C=O) groups is 4. The van der Waals surface area contributed by atoms with Gasteiger partial charge in [0.15, 0.2) is 6.61 Å². The number of nitrogens with one attached hydrogen (secondary N) is 3. The van der Waals surface area contributed by atoms with Gasteiger partial charge in [-0.2, -0.15) is 0 Å². The number of hydrogen-bond donors (Lipinski definition) is 3. The fourth-order valence-corrected chi connectivity index (χ4v) is 1.97. The molecule has 0 aromatic heterocycles. The third-order valence-electron chi connectivity index (χ3n) is 3.09. The van der Waals surface area contributed by atoms with Gasteiger partial charge in [-0.05, 0) is 25.0 Å². The van der Waals surface area contributed by atoms with Crippen molar-refractivity contribution in [2.45, 2.75) is 26.8 Å². The Kier molecular flexibility index (Phi) is 8.57. The van der Waals surface area contributed by atoms with Crippen LogP contribution in [0.15, 0.2) is 24.3 Å². The standard InChI is InChI=1S/C17H22ClN3O5/c1-10(2)8-19-17(25)21-14(22)9-26-16(24)11(3)20-15(23)12-6-4-5-7-13(12)18/h4-7,10-11H,8-9H2,1-3H3,(H,20,23)(H2,19,21,22,25). The first-order chi connectivity index (χ1) is 12.2. The Balaban J connectivity index is 2.40. The molecule has 142 valence electrons. The molecule has 0 saturated carbocycles. The molecular formula is C17H22ClN3O5. The van der Waals surface area contributed by atoms with Crippen LogP contribution in [-0.4, -0.2) is 43.0 Å². The maximum atomic E-state index is 12.1. The molecule has 4 amide bonds. The first-order valence-electron chi connectivity index (χ1n) is 8.00. The first-order valence-corrected chi connectivity index (χ1v) is 8.38. The molecule has 1 aromatic carbocycles. The molecule has 8 nitrogen and oxygen atoms in total. The van der Waals surface area contributed by atoms with Gasteiger partial charge < -0.3 is 15.4 Å². The monoisotopic (exact) mass is 383 g/mol. The van der Waals surface area contributed by atoms with Gasteiger partial charge in [-0.3, -0.25) is 14.9 Å². The molecular weight excluding hydrogens is 362 g/mol. The molecule has 0 spiro atoms. The van der Waals surface area contributed by atoms with Gasteiger partial charge >= 0.3 is 12.0 Å². The van der Waals surface area contributed by atoms with Gasteiger partial charge in [0.1, 0.15) is 6.04 Å². The fourth-order valence-electron chi connectivity index (χ4n) is 1.74. The SMILES string of the molecule is CC(C)CNC(=O)NC(=O)COC(=O)C(C)NC(=O)c1ccccc1Cl. The van der Waals surface area contributed by atoms with Crippen LogP contribution in [0.1, 0.15) is 31.1 Å². The lowest BCUT2D eigenvalue weighted by atomic mass is 10.2. The highest BCUT2D eigenvalue weighted by atomic mass is 35.5. The van der Waals surface area contributed by atoms with Crippen LogP contribution in [0.25, 0.3) is 0 Å². The number of imide groups is 1.